The normalized spacial score (nSPS) is 15.0. The largest absolute Gasteiger partial charge is 0.480 e. The molecule has 1 amide bonds. The lowest BCUT2D eigenvalue weighted by atomic mass is 10.0. The Morgan fingerprint density at radius 2 is 1.79 bits per heavy atom. The Hall–Kier alpha value is -3.68. The van der Waals surface area contributed by atoms with Crippen molar-refractivity contribution in [1.29, 1.82) is 0 Å². The van der Waals surface area contributed by atoms with E-state index in [1.54, 1.807) is 6.20 Å². The number of hydrogen-bond donors (Lipinski definition) is 3. The Kier molecular flexibility index (Phi) is 5.80. The second kappa shape index (κ2) is 9.01. The highest BCUT2D eigenvalue weighted by molar-refractivity contribution is 5.81. The van der Waals surface area contributed by atoms with Crippen molar-refractivity contribution in [2.75, 3.05) is 23.7 Å². The number of ether oxygens (including phenoxy) is 1. The molecule has 8 heteroatoms. The standard InChI is InChI=1S/C21H22N6O2/c28-21(17-9-8-15-5-1-2-6-16(15)29-17)24-14-13-23-19-10-11-20(27-26-19)25-18-7-3-4-12-22-18/h1-7,10-12,17H,8-9,13-14H2,(H,23,26)(H,24,28)(H,22,25,27)/t17-/m0/s1. The molecule has 0 saturated carbocycles. The number of nitrogens with zero attached hydrogens (tertiary/aromatic N) is 3. The van der Waals surface area contributed by atoms with Gasteiger partial charge in [0, 0.05) is 19.3 Å². The minimum absolute atomic E-state index is 0.0951. The molecule has 0 radical (unpaired) electrons. The van der Waals surface area contributed by atoms with Gasteiger partial charge in [-0.1, -0.05) is 24.3 Å². The van der Waals surface area contributed by atoms with Crippen LogP contribution in [0.4, 0.5) is 17.5 Å². The van der Waals surface area contributed by atoms with Gasteiger partial charge in [-0.2, -0.15) is 0 Å². The van der Waals surface area contributed by atoms with Gasteiger partial charge in [0.25, 0.3) is 5.91 Å². The summed E-state index contributed by atoms with van der Waals surface area (Å²) in [7, 11) is 0. The van der Waals surface area contributed by atoms with E-state index in [-0.39, 0.29) is 5.91 Å². The summed E-state index contributed by atoms with van der Waals surface area (Å²) in [5.74, 6) is 2.65. The van der Waals surface area contributed by atoms with E-state index in [1.165, 1.54) is 0 Å². The van der Waals surface area contributed by atoms with E-state index in [9.17, 15) is 4.79 Å². The van der Waals surface area contributed by atoms with Gasteiger partial charge in [0.1, 0.15) is 17.4 Å². The number of carbonyl (C=O) groups is 1. The lowest BCUT2D eigenvalue weighted by Gasteiger charge is -2.25. The topological polar surface area (TPSA) is 101 Å². The summed E-state index contributed by atoms with van der Waals surface area (Å²) >= 11 is 0. The highest BCUT2D eigenvalue weighted by Gasteiger charge is 2.25. The van der Waals surface area contributed by atoms with Gasteiger partial charge in [-0.25, -0.2) is 4.98 Å². The first-order valence-electron chi connectivity index (χ1n) is 9.56. The van der Waals surface area contributed by atoms with Gasteiger partial charge in [0.15, 0.2) is 11.9 Å². The predicted octanol–water partition coefficient (Wildman–Crippen LogP) is 2.54. The van der Waals surface area contributed by atoms with E-state index in [0.29, 0.717) is 37.0 Å². The van der Waals surface area contributed by atoms with Crippen molar-refractivity contribution in [1.82, 2.24) is 20.5 Å². The molecule has 1 aliphatic heterocycles. The summed E-state index contributed by atoms with van der Waals surface area (Å²) in [4.78, 5) is 16.5. The highest BCUT2D eigenvalue weighted by atomic mass is 16.5. The van der Waals surface area contributed by atoms with Crippen molar-refractivity contribution >= 4 is 23.4 Å². The summed E-state index contributed by atoms with van der Waals surface area (Å²) in [5, 5.41) is 17.3. The molecule has 3 aromatic rings. The number of carbonyl (C=O) groups excluding carboxylic acids is 1. The van der Waals surface area contributed by atoms with Crippen LogP contribution in [0.15, 0.2) is 60.8 Å². The van der Waals surface area contributed by atoms with Crippen LogP contribution in [0.25, 0.3) is 0 Å². The van der Waals surface area contributed by atoms with Crippen LogP contribution in [-0.2, 0) is 11.2 Å². The maximum atomic E-state index is 12.3. The van der Waals surface area contributed by atoms with Gasteiger partial charge in [-0.3, -0.25) is 4.79 Å². The van der Waals surface area contributed by atoms with E-state index in [0.717, 1.165) is 17.7 Å². The molecule has 0 bridgehead atoms. The summed E-state index contributed by atoms with van der Waals surface area (Å²) in [6.45, 7) is 1.01. The monoisotopic (exact) mass is 390 g/mol. The van der Waals surface area contributed by atoms with E-state index >= 15 is 0 Å². The minimum Gasteiger partial charge on any atom is -0.480 e. The molecular formula is C21H22N6O2. The maximum absolute atomic E-state index is 12.3. The number of aromatic nitrogens is 3. The molecule has 0 fully saturated rings. The number of para-hydroxylation sites is 1. The maximum Gasteiger partial charge on any atom is 0.261 e. The van der Waals surface area contributed by atoms with Gasteiger partial charge in [0.2, 0.25) is 0 Å². The second-order valence-electron chi connectivity index (χ2n) is 6.61. The quantitative estimate of drug-likeness (QED) is 0.533. The molecule has 0 spiro atoms. The Bertz CT molecular complexity index is 949. The molecule has 2 aromatic heterocycles. The molecule has 3 N–H and O–H groups in total. The summed E-state index contributed by atoms with van der Waals surface area (Å²) < 4.78 is 5.80. The second-order valence-corrected chi connectivity index (χ2v) is 6.61. The number of benzene rings is 1. The van der Waals surface area contributed by atoms with Crippen molar-refractivity contribution in [3.05, 3.63) is 66.4 Å². The molecule has 1 aromatic carbocycles. The average molecular weight is 390 g/mol. The van der Waals surface area contributed by atoms with Crippen molar-refractivity contribution in [3.63, 3.8) is 0 Å². The predicted molar refractivity (Wildman–Crippen MR) is 110 cm³/mol. The van der Waals surface area contributed by atoms with E-state index in [2.05, 4.69) is 31.1 Å². The lowest BCUT2D eigenvalue weighted by molar-refractivity contribution is -0.128. The van der Waals surface area contributed by atoms with E-state index in [4.69, 9.17) is 4.74 Å². The zero-order chi connectivity index (χ0) is 19.9. The third-order valence-corrected chi connectivity index (χ3v) is 4.53. The number of rotatable bonds is 7. The van der Waals surface area contributed by atoms with Crippen LogP contribution >= 0.6 is 0 Å². The summed E-state index contributed by atoms with van der Waals surface area (Å²) in [5.41, 5.74) is 1.15. The number of anilines is 3. The van der Waals surface area contributed by atoms with Gasteiger partial charge in [0.05, 0.1) is 0 Å². The highest BCUT2D eigenvalue weighted by Crippen LogP contribution is 2.26. The van der Waals surface area contributed by atoms with Crippen LogP contribution < -0.4 is 20.7 Å². The van der Waals surface area contributed by atoms with Gasteiger partial charge in [-0.05, 0) is 48.7 Å². The van der Waals surface area contributed by atoms with Crippen LogP contribution in [0.2, 0.25) is 0 Å². The zero-order valence-corrected chi connectivity index (χ0v) is 15.8. The molecule has 4 rings (SSSR count). The Morgan fingerprint density at radius 3 is 2.62 bits per heavy atom. The van der Waals surface area contributed by atoms with Gasteiger partial charge >= 0.3 is 0 Å². The first-order chi connectivity index (χ1) is 14.3. The Balaban J connectivity index is 1.19. The smallest absolute Gasteiger partial charge is 0.261 e. The summed E-state index contributed by atoms with van der Waals surface area (Å²) in [6, 6.07) is 17.1. The van der Waals surface area contributed by atoms with Crippen LogP contribution in [0.5, 0.6) is 5.75 Å². The van der Waals surface area contributed by atoms with Crippen molar-refractivity contribution in [2.24, 2.45) is 0 Å². The first-order valence-corrected chi connectivity index (χ1v) is 9.56. The van der Waals surface area contributed by atoms with Crippen molar-refractivity contribution in [2.45, 2.75) is 18.9 Å². The summed E-state index contributed by atoms with van der Waals surface area (Å²) in [6.07, 6.45) is 2.80. The molecule has 29 heavy (non-hydrogen) atoms. The van der Waals surface area contributed by atoms with Crippen molar-refractivity contribution < 1.29 is 9.53 Å². The number of fused-ring (bicyclic) bond motifs is 1. The average Bonchev–Trinajstić information content (AvgIpc) is 2.78. The van der Waals surface area contributed by atoms with Crippen LogP contribution in [0, 0.1) is 0 Å². The van der Waals surface area contributed by atoms with Gasteiger partial charge in [-0.15, -0.1) is 10.2 Å². The third-order valence-electron chi connectivity index (χ3n) is 4.53. The number of pyridine rings is 1. The third kappa shape index (κ3) is 4.98. The molecule has 0 unspecified atom stereocenters. The van der Waals surface area contributed by atoms with E-state index < -0.39 is 6.10 Å². The molecule has 0 aliphatic carbocycles. The fourth-order valence-electron chi connectivity index (χ4n) is 3.06. The fourth-order valence-corrected chi connectivity index (χ4v) is 3.06. The Morgan fingerprint density at radius 1 is 0.966 bits per heavy atom. The SMILES string of the molecule is O=C(NCCNc1ccc(Nc2ccccn2)nn1)[C@@H]1CCc2ccccc2O1. The first kappa shape index (κ1) is 18.7. The van der Waals surface area contributed by atoms with E-state index in [1.807, 2.05) is 54.6 Å². The molecule has 1 aliphatic rings. The van der Waals surface area contributed by atoms with Crippen LogP contribution in [-0.4, -0.2) is 40.3 Å². The fraction of sp³-hybridized carbons (Fsp3) is 0.238. The molecule has 1 atom stereocenters. The van der Waals surface area contributed by atoms with Crippen LogP contribution in [0.3, 0.4) is 0 Å². The lowest BCUT2D eigenvalue weighted by Crippen LogP contribution is -2.42. The van der Waals surface area contributed by atoms with Gasteiger partial charge < -0.3 is 20.7 Å². The zero-order valence-electron chi connectivity index (χ0n) is 15.8. The number of aryl methyl sites for hydroxylation is 1. The van der Waals surface area contributed by atoms with Crippen LogP contribution in [0.1, 0.15) is 12.0 Å². The molecular weight excluding hydrogens is 368 g/mol. The molecule has 3 heterocycles. The van der Waals surface area contributed by atoms with Crippen molar-refractivity contribution in [3.8, 4) is 5.75 Å². The number of amides is 1. The Labute approximate surface area is 168 Å². The molecule has 8 nitrogen and oxygen atoms in total. The molecule has 148 valence electrons. The minimum atomic E-state index is -0.443. The molecule has 0 saturated heterocycles. The number of hydrogen-bond acceptors (Lipinski definition) is 7. The number of nitrogens with one attached hydrogen (secondary N) is 3.